The molecule has 222 valence electrons. The fraction of sp³-hybridized carbons (Fsp3) is 0.333. The second-order valence-corrected chi connectivity index (χ2v) is 10.7. The lowest BCUT2D eigenvalue weighted by Gasteiger charge is -2.34. The Kier molecular flexibility index (Phi) is 10.2. The lowest BCUT2D eigenvalue weighted by atomic mass is 9.78. The molecule has 12 heteroatoms. The van der Waals surface area contributed by atoms with Gasteiger partial charge in [0.05, 0.1) is 29.2 Å². The third kappa shape index (κ3) is 7.89. The Labute approximate surface area is 251 Å². The van der Waals surface area contributed by atoms with Crippen LogP contribution in [0.2, 0.25) is 5.02 Å². The number of halogens is 1. The number of rotatable bonds is 10. The predicted molar refractivity (Wildman–Crippen MR) is 171 cm³/mol. The van der Waals surface area contributed by atoms with Crippen molar-refractivity contribution in [3.05, 3.63) is 66.5 Å². The number of piperidine rings is 1. The molecule has 2 aromatic rings. The highest BCUT2D eigenvalue weighted by Crippen LogP contribution is 2.41. The van der Waals surface area contributed by atoms with E-state index in [9.17, 15) is 9.59 Å². The molecule has 42 heavy (non-hydrogen) atoms. The van der Waals surface area contributed by atoms with Crippen molar-refractivity contribution < 1.29 is 14.3 Å². The van der Waals surface area contributed by atoms with Crippen LogP contribution in [0.1, 0.15) is 19.3 Å². The van der Waals surface area contributed by atoms with E-state index in [1.54, 1.807) is 18.2 Å². The number of nitrogens with one attached hydrogen (secondary N) is 4. The summed E-state index contributed by atoms with van der Waals surface area (Å²) in [6.07, 6.45) is 7.32. The molecule has 0 unspecified atom stereocenters. The van der Waals surface area contributed by atoms with Crippen molar-refractivity contribution in [1.82, 2.24) is 10.2 Å². The summed E-state index contributed by atoms with van der Waals surface area (Å²) >= 11 is 6.16. The van der Waals surface area contributed by atoms with Crippen LogP contribution in [0.5, 0.6) is 5.75 Å². The number of benzene rings is 2. The predicted octanol–water partition coefficient (Wildman–Crippen LogP) is 5.16. The number of hydrogen-bond acceptors (Lipinski definition) is 7. The SMILES string of the molecule is C=CC(=O)Nc1cc(N2CCC3(CCNCC3)C2)ccc1NC(=C)/N=C\N=C\N(C)C(=O)Nc1cc(OC)ccc1Cl. The Hall–Kier alpha value is -4.35. The van der Waals surface area contributed by atoms with Crippen LogP contribution in [-0.2, 0) is 4.79 Å². The second kappa shape index (κ2) is 14.0. The van der Waals surface area contributed by atoms with Crippen molar-refractivity contribution in [3.63, 3.8) is 0 Å². The average Bonchev–Trinajstić information content (AvgIpc) is 3.40. The molecule has 0 atom stereocenters. The molecule has 0 saturated carbocycles. The highest BCUT2D eigenvalue weighted by atomic mass is 35.5. The molecule has 0 aromatic heterocycles. The van der Waals surface area contributed by atoms with E-state index in [1.807, 2.05) is 18.2 Å². The quantitative estimate of drug-likeness (QED) is 0.172. The van der Waals surface area contributed by atoms with E-state index < -0.39 is 6.03 Å². The van der Waals surface area contributed by atoms with Crippen LogP contribution < -0.4 is 30.9 Å². The van der Waals surface area contributed by atoms with Crippen LogP contribution in [0.15, 0.2) is 71.4 Å². The molecular weight excluding hydrogens is 556 g/mol. The summed E-state index contributed by atoms with van der Waals surface area (Å²) < 4.78 is 5.17. The maximum atomic E-state index is 12.5. The molecule has 2 fully saturated rings. The molecule has 2 aromatic carbocycles. The summed E-state index contributed by atoms with van der Waals surface area (Å²) in [5.74, 6) is 0.536. The molecule has 2 aliphatic heterocycles. The number of methoxy groups -OCH3 is 1. The number of aliphatic imine (C=N–C) groups is 2. The molecule has 0 aliphatic carbocycles. The van der Waals surface area contributed by atoms with E-state index in [4.69, 9.17) is 16.3 Å². The lowest BCUT2D eigenvalue weighted by molar-refractivity contribution is -0.111. The first-order valence-electron chi connectivity index (χ1n) is 13.6. The first-order valence-corrected chi connectivity index (χ1v) is 14.0. The summed E-state index contributed by atoms with van der Waals surface area (Å²) in [6.45, 7) is 11.6. The Balaban J connectivity index is 1.37. The number of ether oxygens (including phenoxy) is 1. The topological polar surface area (TPSA) is 123 Å². The number of carbonyl (C=O) groups excluding carboxylic acids is 2. The number of hydrogen-bond donors (Lipinski definition) is 4. The summed E-state index contributed by atoms with van der Waals surface area (Å²) in [4.78, 5) is 36.6. The Morgan fingerprint density at radius 1 is 1.10 bits per heavy atom. The number of nitrogens with zero attached hydrogens (tertiary/aromatic N) is 4. The fourth-order valence-corrected chi connectivity index (χ4v) is 5.21. The first-order chi connectivity index (χ1) is 20.2. The molecule has 2 aliphatic rings. The van der Waals surface area contributed by atoms with Gasteiger partial charge in [0, 0.05) is 31.9 Å². The van der Waals surface area contributed by atoms with E-state index in [2.05, 4.69) is 49.3 Å². The molecule has 2 saturated heterocycles. The van der Waals surface area contributed by atoms with Gasteiger partial charge in [-0.05, 0) is 74.2 Å². The van der Waals surface area contributed by atoms with Gasteiger partial charge in [-0.3, -0.25) is 9.69 Å². The third-order valence-corrected chi connectivity index (χ3v) is 7.78. The van der Waals surface area contributed by atoms with E-state index >= 15 is 0 Å². The van der Waals surface area contributed by atoms with Crippen LogP contribution in [0.4, 0.5) is 27.5 Å². The number of carbonyl (C=O) groups is 2. The van der Waals surface area contributed by atoms with Gasteiger partial charge in [0.2, 0.25) is 5.91 Å². The zero-order valence-corrected chi connectivity index (χ0v) is 24.7. The van der Waals surface area contributed by atoms with Crippen LogP contribution in [0.25, 0.3) is 0 Å². The summed E-state index contributed by atoms with van der Waals surface area (Å²) in [5.41, 5.74) is 3.03. The van der Waals surface area contributed by atoms with Crippen molar-refractivity contribution >= 4 is 59.0 Å². The third-order valence-electron chi connectivity index (χ3n) is 7.45. The van der Waals surface area contributed by atoms with Gasteiger partial charge in [-0.2, -0.15) is 0 Å². The van der Waals surface area contributed by atoms with Crippen LogP contribution in [0, 0.1) is 5.41 Å². The minimum Gasteiger partial charge on any atom is -0.497 e. The van der Waals surface area contributed by atoms with Crippen LogP contribution >= 0.6 is 11.6 Å². The minimum atomic E-state index is -0.453. The van der Waals surface area contributed by atoms with Gasteiger partial charge in [-0.15, -0.1) is 0 Å². The maximum absolute atomic E-state index is 12.5. The highest BCUT2D eigenvalue weighted by Gasteiger charge is 2.39. The first kappa shape index (κ1) is 30.6. The standard InChI is InChI=1S/C30H37ClN8O3/c1-5-28(40)36-27-16-22(39-15-12-30(18-39)10-13-32-14-11-30)6-9-25(27)35-21(2)34-19-33-20-38(3)29(41)37-26-17-23(42-4)7-8-24(26)31/h5-9,16-17,19-20,32,35H,1-2,10-15,18H2,3-4H3,(H,36,40)(H,37,41)/b33-20+,34-19-. The monoisotopic (exact) mass is 592 g/mol. The minimum absolute atomic E-state index is 0.291. The van der Waals surface area contributed by atoms with Crippen molar-refractivity contribution in [1.29, 1.82) is 0 Å². The largest absolute Gasteiger partial charge is 0.497 e. The number of anilines is 4. The smallest absolute Gasteiger partial charge is 0.326 e. The molecular formula is C30H37ClN8O3. The van der Waals surface area contributed by atoms with Gasteiger partial charge in [-0.25, -0.2) is 14.8 Å². The van der Waals surface area contributed by atoms with Gasteiger partial charge in [0.25, 0.3) is 0 Å². The maximum Gasteiger partial charge on any atom is 0.326 e. The van der Waals surface area contributed by atoms with E-state index in [0.717, 1.165) is 31.9 Å². The molecule has 3 amide bonds. The Morgan fingerprint density at radius 2 is 1.88 bits per heavy atom. The molecule has 11 nitrogen and oxygen atoms in total. The van der Waals surface area contributed by atoms with Crippen molar-refractivity contribution in [2.24, 2.45) is 15.4 Å². The zero-order chi connectivity index (χ0) is 30.1. The zero-order valence-electron chi connectivity index (χ0n) is 24.0. The molecule has 1 spiro atoms. The van der Waals surface area contributed by atoms with E-state index in [1.165, 1.54) is 57.1 Å². The normalized spacial score (nSPS) is 16.0. The van der Waals surface area contributed by atoms with Gasteiger partial charge in [0.1, 0.15) is 24.2 Å². The number of urea groups is 1. The molecule has 0 radical (unpaired) electrons. The average molecular weight is 593 g/mol. The summed E-state index contributed by atoms with van der Waals surface area (Å²) in [5, 5.41) is 12.5. The Morgan fingerprint density at radius 3 is 2.62 bits per heavy atom. The van der Waals surface area contributed by atoms with Gasteiger partial charge < -0.3 is 30.9 Å². The molecule has 4 N–H and O–H groups in total. The fourth-order valence-electron chi connectivity index (χ4n) is 5.05. The summed E-state index contributed by atoms with van der Waals surface area (Å²) in [6, 6.07) is 10.4. The van der Waals surface area contributed by atoms with Crippen LogP contribution in [-0.4, -0.2) is 69.9 Å². The number of amides is 3. The summed E-state index contributed by atoms with van der Waals surface area (Å²) in [7, 11) is 3.07. The van der Waals surface area contributed by atoms with E-state index in [0.29, 0.717) is 39.1 Å². The van der Waals surface area contributed by atoms with Gasteiger partial charge >= 0.3 is 6.03 Å². The second-order valence-electron chi connectivity index (χ2n) is 10.3. The lowest BCUT2D eigenvalue weighted by Crippen LogP contribution is -2.38. The van der Waals surface area contributed by atoms with Crippen molar-refractivity contribution in [2.45, 2.75) is 19.3 Å². The molecule has 4 rings (SSSR count). The van der Waals surface area contributed by atoms with Crippen LogP contribution in [0.3, 0.4) is 0 Å². The van der Waals surface area contributed by atoms with Crippen molar-refractivity contribution in [3.8, 4) is 5.75 Å². The van der Waals surface area contributed by atoms with Gasteiger partial charge in [0.15, 0.2) is 0 Å². The van der Waals surface area contributed by atoms with Crippen molar-refractivity contribution in [2.75, 3.05) is 61.2 Å². The molecule has 0 bridgehead atoms. The Bertz CT molecular complexity index is 1390. The highest BCUT2D eigenvalue weighted by molar-refractivity contribution is 6.33. The molecule has 2 heterocycles. The van der Waals surface area contributed by atoms with Gasteiger partial charge in [-0.1, -0.05) is 24.8 Å². The van der Waals surface area contributed by atoms with E-state index in [-0.39, 0.29) is 5.91 Å².